The molecule has 1 aromatic carbocycles. The molecular formula is C17H24N2O2. The largest absolute Gasteiger partial charge is 0.393 e. The number of likely N-dealkylation sites (tertiary alicyclic amines) is 1. The second-order valence-electron chi connectivity index (χ2n) is 6.35. The van der Waals surface area contributed by atoms with Crippen LogP contribution in [-0.4, -0.2) is 35.2 Å². The Bertz CT molecular complexity index is 528. The molecular weight excluding hydrogens is 264 g/mol. The quantitative estimate of drug-likeness (QED) is 0.895. The van der Waals surface area contributed by atoms with Gasteiger partial charge in [-0.2, -0.15) is 0 Å². The maximum Gasteiger partial charge on any atom is 0.317 e. The van der Waals surface area contributed by atoms with Crippen LogP contribution in [0.25, 0.3) is 0 Å². The molecule has 2 aliphatic rings. The van der Waals surface area contributed by atoms with E-state index in [1.54, 1.807) is 6.92 Å². The standard InChI is InChI=1S/C17H24N2O2/c1-12(20)16-7-8-19(11-16)17(21)18-10-13-5-6-14-3-2-4-15(14)9-13/h5-6,9,12,16,20H,2-4,7-8,10-11H2,1H3,(H,18,21)/t12-,16-/m1/s1. The number of hydrogen-bond acceptors (Lipinski definition) is 2. The van der Waals surface area contributed by atoms with Crippen LogP contribution in [0, 0.1) is 5.92 Å². The van der Waals surface area contributed by atoms with Crippen LogP contribution in [0.2, 0.25) is 0 Å². The van der Waals surface area contributed by atoms with Gasteiger partial charge in [0, 0.05) is 25.6 Å². The van der Waals surface area contributed by atoms with Crippen molar-refractivity contribution in [3.63, 3.8) is 0 Å². The lowest BCUT2D eigenvalue weighted by atomic mass is 10.0. The minimum absolute atomic E-state index is 0.0151. The van der Waals surface area contributed by atoms with Gasteiger partial charge < -0.3 is 15.3 Å². The number of aliphatic hydroxyl groups excluding tert-OH is 1. The van der Waals surface area contributed by atoms with Gasteiger partial charge in [0.1, 0.15) is 0 Å². The minimum atomic E-state index is -0.334. The van der Waals surface area contributed by atoms with Gasteiger partial charge in [-0.3, -0.25) is 0 Å². The summed E-state index contributed by atoms with van der Waals surface area (Å²) < 4.78 is 0. The summed E-state index contributed by atoms with van der Waals surface area (Å²) in [5, 5.41) is 12.6. The SMILES string of the molecule is C[C@@H](O)[C@@H]1CCN(C(=O)NCc2ccc3c(c2)CCC3)C1. The van der Waals surface area contributed by atoms with Gasteiger partial charge in [0.2, 0.25) is 0 Å². The van der Waals surface area contributed by atoms with E-state index in [0.29, 0.717) is 13.1 Å². The van der Waals surface area contributed by atoms with Crippen molar-refractivity contribution < 1.29 is 9.90 Å². The molecule has 0 saturated carbocycles. The van der Waals surface area contributed by atoms with Crippen molar-refractivity contribution in [2.75, 3.05) is 13.1 Å². The summed E-state index contributed by atoms with van der Waals surface area (Å²) in [6.07, 6.45) is 4.17. The first kappa shape index (κ1) is 14.4. The van der Waals surface area contributed by atoms with E-state index in [1.807, 2.05) is 4.90 Å². The number of benzene rings is 1. The van der Waals surface area contributed by atoms with Gasteiger partial charge in [-0.15, -0.1) is 0 Å². The van der Waals surface area contributed by atoms with Crippen LogP contribution < -0.4 is 5.32 Å². The van der Waals surface area contributed by atoms with Crippen molar-refractivity contribution in [1.29, 1.82) is 0 Å². The monoisotopic (exact) mass is 288 g/mol. The first-order valence-electron chi connectivity index (χ1n) is 7.95. The average Bonchev–Trinajstić information content (AvgIpc) is 3.12. The highest BCUT2D eigenvalue weighted by molar-refractivity contribution is 5.74. The number of aliphatic hydroxyl groups is 1. The topological polar surface area (TPSA) is 52.6 Å². The summed E-state index contributed by atoms with van der Waals surface area (Å²) in [5.41, 5.74) is 4.08. The zero-order valence-corrected chi connectivity index (χ0v) is 12.6. The molecule has 0 unspecified atom stereocenters. The van der Waals surface area contributed by atoms with Crippen LogP contribution in [0.1, 0.15) is 36.5 Å². The molecule has 1 heterocycles. The van der Waals surface area contributed by atoms with E-state index >= 15 is 0 Å². The molecule has 1 aliphatic carbocycles. The highest BCUT2D eigenvalue weighted by Crippen LogP contribution is 2.23. The van der Waals surface area contributed by atoms with Gasteiger partial charge in [0.15, 0.2) is 0 Å². The molecule has 0 spiro atoms. The number of amides is 2. The van der Waals surface area contributed by atoms with E-state index in [-0.39, 0.29) is 18.1 Å². The van der Waals surface area contributed by atoms with Gasteiger partial charge >= 0.3 is 6.03 Å². The van der Waals surface area contributed by atoms with Gasteiger partial charge in [0.05, 0.1) is 6.10 Å². The van der Waals surface area contributed by atoms with Crippen molar-refractivity contribution in [2.45, 2.75) is 45.3 Å². The summed E-state index contributed by atoms with van der Waals surface area (Å²) >= 11 is 0. The van der Waals surface area contributed by atoms with E-state index in [2.05, 4.69) is 23.5 Å². The zero-order valence-electron chi connectivity index (χ0n) is 12.6. The molecule has 1 aliphatic heterocycles. The number of nitrogens with zero attached hydrogens (tertiary/aromatic N) is 1. The molecule has 1 saturated heterocycles. The predicted molar refractivity (Wildman–Crippen MR) is 82.1 cm³/mol. The number of rotatable bonds is 3. The van der Waals surface area contributed by atoms with E-state index in [9.17, 15) is 9.90 Å². The number of carbonyl (C=O) groups is 1. The Morgan fingerprint density at radius 3 is 3.00 bits per heavy atom. The molecule has 0 bridgehead atoms. The van der Waals surface area contributed by atoms with Gasteiger partial charge in [-0.25, -0.2) is 4.79 Å². The van der Waals surface area contributed by atoms with E-state index in [1.165, 1.54) is 36.0 Å². The molecule has 0 radical (unpaired) electrons. The van der Waals surface area contributed by atoms with Crippen LogP contribution in [0.5, 0.6) is 0 Å². The Balaban J connectivity index is 1.52. The molecule has 0 aromatic heterocycles. The normalized spacial score (nSPS) is 22.2. The van der Waals surface area contributed by atoms with Crippen molar-refractivity contribution >= 4 is 6.03 Å². The third-order valence-corrected chi connectivity index (χ3v) is 4.80. The number of urea groups is 1. The fourth-order valence-corrected chi connectivity index (χ4v) is 3.39. The summed E-state index contributed by atoms with van der Waals surface area (Å²) in [6.45, 7) is 3.79. The smallest absolute Gasteiger partial charge is 0.317 e. The van der Waals surface area contributed by atoms with E-state index in [0.717, 1.165) is 13.0 Å². The summed E-state index contributed by atoms with van der Waals surface area (Å²) in [6, 6.07) is 6.53. The maximum absolute atomic E-state index is 12.2. The molecule has 2 amide bonds. The first-order valence-corrected chi connectivity index (χ1v) is 7.95. The predicted octanol–water partition coefficient (Wildman–Crippen LogP) is 2.09. The zero-order chi connectivity index (χ0) is 14.8. The molecule has 2 N–H and O–H groups in total. The molecule has 21 heavy (non-hydrogen) atoms. The Kier molecular flexibility index (Phi) is 4.15. The maximum atomic E-state index is 12.2. The second kappa shape index (κ2) is 6.06. The Labute approximate surface area is 126 Å². The van der Waals surface area contributed by atoms with Crippen LogP contribution >= 0.6 is 0 Å². The van der Waals surface area contributed by atoms with Crippen LogP contribution in [-0.2, 0) is 19.4 Å². The molecule has 4 nitrogen and oxygen atoms in total. The van der Waals surface area contributed by atoms with Crippen molar-refractivity contribution in [3.05, 3.63) is 34.9 Å². The third kappa shape index (κ3) is 3.21. The second-order valence-corrected chi connectivity index (χ2v) is 6.35. The third-order valence-electron chi connectivity index (χ3n) is 4.80. The van der Waals surface area contributed by atoms with Crippen molar-refractivity contribution in [2.24, 2.45) is 5.92 Å². The molecule has 114 valence electrons. The van der Waals surface area contributed by atoms with Gasteiger partial charge in [0.25, 0.3) is 0 Å². The van der Waals surface area contributed by atoms with Crippen molar-refractivity contribution in [1.82, 2.24) is 10.2 Å². The van der Waals surface area contributed by atoms with Crippen LogP contribution in [0.4, 0.5) is 4.79 Å². The number of aryl methyl sites for hydroxylation is 2. The lowest BCUT2D eigenvalue weighted by molar-refractivity contribution is 0.129. The van der Waals surface area contributed by atoms with Gasteiger partial charge in [-0.1, -0.05) is 18.2 Å². The lowest BCUT2D eigenvalue weighted by Crippen LogP contribution is -2.38. The number of nitrogens with one attached hydrogen (secondary N) is 1. The average molecular weight is 288 g/mol. The summed E-state index contributed by atoms with van der Waals surface area (Å²) in [7, 11) is 0. The molecule has 1 aromatic rings. The minimum Gasteiger partial charge on any atom is -0.393 e. The number of fused-ring (bicyclic) bond motifs is 1. The molecule has 3 rings (SSSR count). The van der Waals surface area contributed by atoms with E-state index in [4.69, 9.17) is 0 Å². The molecule has 1 fully saturated rings. The summed E-state index contributed by atoms with van der Waals surface area (Å²) in [4.78, 5) is 14.0. The Hall–Kier alpha value is -1.55. The Morgan fingerprint density at radius 2 is 2.24 bits per heavy atom. The first-order chi connectivity index (χ1) is 10.1. The van der Waals surface area contributed by atoms with Crippen LogP contribution in [0.3, 0.4) is 0 Å². The van der Waals surface area contributed by atoms with E-state index < -0.39 is 0 Å². The van der Waals surface area contributed by atoms with Crippen molar-refractivity contribution in [3.8, 4) is 0 Å². The highest BCUT2D eigenvalue weighted by atomic mass is 16.3. The molecule has 4 heteroatoms. The van der Waals surface area contributed by atoms with Gasteiger partial charge in [-0.05, 0) is 49.3 Å². The Morgan fingerprint density at radius 1 is 1.43 bits per heavy atom. The molecule has 2 atom stereocenters. The number of hydrogen-bond donors (Lipinski definition) is 2. The fraction of sp³-hybridized carbons (Fsp3) is 0.588. The van der Waals surface area contributed by atoms with Crippen LogP contribution in [0.15, 0.2) is 18.2 Å². The number of carbonyl (C=O) groups excluding carboxylic acids is 1. The lowest BCUT2D eigenvalue weighted by Gasteiger charge is -2.18. The summed E-state index contributed by atoms with van der Waals surface area (Å²) in [5.74, 6) is 0.218. The fourth-order valence-electron chi connectivity index (χ4n) is 3.39. The highest BCUT2D eigenvalue weighted by Gasteiger charge is 2.28.